The second-order valence-corrected chi connectivity index (χ2v) is 4.51. The van der Waals surface area contributed by atoms with E-state index in [1.54, 1.807) is 0 Å². The van der Waals surface area contributed by atoms with Gasteiger partial charge >= 0.3 is 0 Å². The van der Waals surface area contributed by atoms with Crippen LogP contribution < -0.4 is 5.73 Å². The minimum atomic E-state index is 0.799. The van der Waals surface area contributed by atoms with Gasteiger partial charge in [0.2, 0.25) is 0 Å². The number of aryl methyl sites for hydroxylation is 1. The molecule has 0 unspecified atom stereocenters. The summed E-state index contributed by atoms with van der Waals surface area (Å²) >= 11 is 3.40. The van der Waals surface area contributed by atoms with Crippen LogP contribution in [0.3, 0.4) is 0 Å². The van der Waals surface area contributed by atoms with Gasteiger partial charge < -0.3 is 5.73 Å². The Morgan fingerprint density at radius 1 is 1.00 bits per heavy atom. The average molecular weight is 262 g/mol. The molecule has 0 amide bonds. The molecule has 15 heavy (non-hydrogen) atoms. The van der Waals surface area contributed by atoms with Crippen LogP contribution in [-0.2, 0) is 0 Å². The van der Waals surface area contributed by atoms with E-state index in [0.717, 1.165) is 21.3 Å². The maximum absolute atomic E-state index is 5.96. The van der Waals surface area contributed by atoms with Gasteiger partial charge in [-0.3, -0.25) is 0 Å². The Hall–Kier alpha value is -1.28. The third-order valence-corrected chi connectivity index (χ3v) is 2.87. The Kier molecular flexibility index (Phi) is 2.78. The van der Waals surface area contributed by atoms with E-state index in [2.05, 4.69) is 47.1 Å². The maximum Gasteiger partial charge on any atom is 0.0405 e. The number of nitrogens with two attached hydrogens (primary N) is 1. The van der Waals surface area contributed by atoms with Gasteiger partial charge in [-0.25, -0.2) is 0 Å². The highest BCUT2D eigenvalue weighted by atomic mass is 79.9. The van der Waals surface area contributed by atoms with Crippen LogP contribution in [0.15, 0.2) is 46.9 Å². The van der Waals surface area contributed by atoms with Crippen LogP contribution >= 0.6 is 15.9 Å². The zero-order valence-corrected chi connectivity index (χ0v) is 10.1. The molecule has 0 bridgehead atoms. The van der Waals surface area contributed by atoms with Gasteiger partial charge in [-0.1, -0.05) is 51.8 Å². The lowest BCUT2D eigenvalue weighted by atomic mass is 10.0. The van der Waals surface area contributed by atoms with E-state index in [-0.39, 0.29) is 0 Å². The molecule has 2 heteroatoms. The van der Waals surface area contributed by atoms with Crippen LogP contribution in [0.2, 0.25) is 0 Å². The topological polar surface area (TPSA) is 26.0 Å². The summed E-state index contributed by atoms with van der Waals surface area (Å²) in [6, 6.07) is 14.3. The van der Waals surface area contributed by atoms with E-state index in [9.17, 15) is 0 Å². The van der Waals surface area contributed by atoms with Gasteiger partial charge in [-0.15, -0.1) is 0 Å². The van der Waals surface area contributed by atoms with Crippen LogP contribution in [0.4, 0.5) is 5.69 Å². The second kappa shape index (κ2) is 4.07. The van der Waals surface area contributed by atoms with Crippen molar-refractivity contribution in [1.29, 1.82) is 0 Å². The third-order valence-electron chi connectivity index (χ3n) is 2.38. The molecule has 76 valence electrons. The van der Waals surface area contributed by atoms with E-state index in [4.69, 9.17) is 5.73 Å². The first-order valence-corrected chi connectivity index (χ1v) is 5.58. The first-order chi connectivity index (χ1) is 7.16. The molecule has 0 aliphatic carbocycles. The highest BCUT2D eigenvalue weighted by Gasteiger charge is 2.02. The van der Waals surface area contributed by atoms with Crippen molar-refractivity contribution in [1.82, 2.24) is 0 Å². The first kappa shape index (κ1) is 10.2. The zero-order chi connectivity index (χ0) is 10.8. The quantitative estimate of drug-likeness (QED) is 0.772. The summed E-state index contributed by atoms with van der Waals surface area (Å²) in [5.74, 6) is 0. The SMILES string of the molecule is Cc1ccc(-c2ccc(Br)cc2N)cc1. The number of halogens is 1. The van der Waals surface area contributed by atoms with Crippen molar-refractivity contribution in [2.24, 2.45) is 0 Å². The number of hydrogen-bond donors (Lipinski definition) is 1. The summed E-state index contributed by atoms with van der Waals surface area (Å²) in [6.45, 7) is 2.08. The molecule has 0 saturated heterocycles. The third kappa shape index (κ3) is 2.21. The average Bonchev–Trinajstić information content (AvgIpc) is 2.20. The summed E-state index contributed by atoms with van der Waals surface area (Å²) in [7, 11) is 0. The summed E-state index contributed by atoms with van der Waals surface area (Å²) in [5.41, 5.74) is 10.3. The van der Waals surface area contributed by atoms with E-state index in [1.807, 2.05) is 18.2 Å². The van der Waals surface area contributed by atoms with Gasteiger partial charge in [-0.2, -0.15) is 0 Å². The molecular formula is C13H12BrN. The van der Waals surface area contributed by atoms with Gasteiger partial charge in [0.1, 0.15) is 0 Å². The molecule has 2 aromatic carbocycles. The normalized spacial score (nSPS) is 10.3. The fraction of sp³-hybridized carbons (Fsp3) is 0.0769. The minimum Gasteiger partial charge on any atom is -0.398 e. The maximum atomic E-state index is 5.96. The van der Waals surface area contributed by atoms with Crippen LogP contribution in [0.5, 0.6) is 0 Å². The fourth-order valence-corrected chi connectivity index (χ4v) is 1.91. The highest BCUT2D eigenvalue weighted by molar-refractivity contribution is 9.10. The molecule has 0 atom stereocenters. The van der Waals surface area contributed by atoms with E-state index in [1.165, 1.54) is 5.56 Å². The summed E-state index contributed by atoms with van der Waals surface area (Å²) in [4.78, 5) is 0. The zero-order valence-electron chi connectivity index (χ0n) is 8.50. The molecule has 0 fully saturated rings. The Labute approximate surface area is 98.1 Å². The second-order valence-electron chi connectivity index (χ2n) is 3.60. The summed E-state index contributed by atoms with van der Waals surface area (Å²) in [6.07, 6.45) is 0. The van der Waals surface area contributed by atoms with Crippen molar-refractivity contribution < 1.29 is 0 Å². The van der Waals surface area contributed by atoms with Crippen molar-refractivity contribution in [2.75, 3.05) is 5.73 Å². The standard InChI is InChI=1S/C13H12BrN/c1-9-2-4-10(5-3-9)12-7-6-11(14)8-13(12)15/h2-8H,15H2,1H3. The molecular weight excluding hydrogens is 250 g/mol. The van der Waals surface area contributed by atoms with Crippen molar-refractivity contribution in [3.63, 3.8) is 0 Å². The molecule has 0 aliphatic heterocycles. The lowest BCUT2D eigenvalue weighted by molar-refractivity contribution is 1.47. The van der Waals surface area contributed by atoms with Crippen molar-refractivity contribution in [3.8, 4) is 11.1 Å². The summed E-state index contributed by atoms with van der Waals surface area (Å²) in [5, 5.41) is 0. The van der Waals surface area contributed by atoms with Crippen LogP contribution in [0, 0.1) is 6.92 Å². The van der Waals surface area contributed by atoms with E-state index < -0.39 is 0 Å². The number of benzene rings is 2. The Balaban J connectivity index is 2.49. The molecule has 0 heterocycles. The Bertz CT molecular complexity index is 474. The molecule has 2 aromatic rings. The Morgan fingerprint density at radius 2 is 1.67 bits per heavy atom. The minimum absolute atomic E-state index is 0.799. The van der Waals surface area contributed by atoms with Crippen molar-refractivity contribution >= 4 is 21.6 Å². The molecule has 0 aliphatic rings. The molecule has 0 spiro atoms. The van der Waals surface area contributed by atoms with Crippen LogP contribution in [0.25, 0.3) is 11.1 Å². The van der Waals surface area contributed by atoms with Gasteiger partial charge in [-0.05, 0) is 24.6 Å². The molecule has 0 aromatic heterocycles. The van der Waals surface area contributed by atoms with Crippen molar-refractivity contribution in [3.05, 3.63) is 52.5 Å². The van der Waals surface area contributed by atoms with Crippen LogP contribution in [-0.4, -0.2) is 0 Å². The smallest absolute Gasteiger partial charge is 0.0405 e. The molecule has 1 nitrogen and oxygen atoms in total. The van der Waals surface area contributed by atoms with Crippen LogP contribution in [0.1, 0.15) is 5.56 Å². The Morgan fingerprint density at radius 3 is 2.27 bits per heavy atom. The number of hydrogen-bond acceptors (Lipinski definition) is 1. The molecule has 0 saturated carbocycles. The van der Waals surface area contributed by atoms with Gasteiger partial charge in [0.15, 0.2) is 0 Å². The van der Waals surface area contributed by atoms with Gasteiger partial charge in [0, 0.05) is 15.7 Å². The molecule has 2 N–H and O–H groups in total. The monoisotopic (exact) mass is 261 g/mol. The predicted octanol–water partition coefficient (Wildman–Crippen LogP) is 4.01. The number of rotatable bonds is 1. The lowest BCUT2D eigenvalue weighted by Crippen LogP contribution is -1.89. The largest absolute Gasteiger partial charge is 0.398 e. The predicted molar refractivity (Wildman–Crippen MR) is 68.7 cm³/mol. The molecule has 2 rings (SSSR count). The lowest BCUT2D eigenvalue weighted by Gasteiger charge is -2.06. The molecule has 0 radical (unpaired) electrons. The van der Waals surface area contributed by atoms with Gasteiger partial charge in [0.25, 0.3) is 0 Å². The number of nitrogen functional groups attached to an aromatic ring is 1. The fourth-order valence-electron chi connectivity index (χ4n) is 1.53. The van der Waals surface area contributed by atoms with E-state index in [0.29, 0.717) is 0 Å². The number of anilines is 1. The highest BCUT2D eigenvalue weighted by Crippen LogP contribution is 2.28. The summed E-state index contributed by atoms with van der Waals surface area (Å²) < 4.78 is 1.01. The first-order valence-electron chi connectivity index (χ1n) is 4.79. The van der Waals surface area contributed by atoms with E-state index >= 15 is 0 Å². The van der Waals surface area contributed by atoms with Crippen molar-refractivity contribution in [2.45, 2.75) is 6.92 Å². The van der Waals surface area contributed by atoms with Gasteiger partial charge in [0.05, 0.1) is 0 Å².